The smallest absolute Gasteiger partial charge is 0.224 e. The SMILES string of the molecule is CCCCNC(=NCc1ccc(NC(=O)CCC)cc1)NCC.I. The fourth-order valence-corrected chi connectivity index (χ4v) is 2.04. The first-order valence-electron chi connectivity index (χ1n) is 8.60. The molecule has 6 heteroatoms. The van der Waals surface area contributed by atoms with Crippen LogP contribution in [0.2, 0.25) is 0 Å². The molecular weight excluding hydrogens is 415 g/mol. The van der Waals surface area contributed by atoms with Gasteiger partial charge in [0.15, 0.2) is 5.96 Å². The largest absolute Gasteiger partial charge is 0.357 e. The summed E-state index contributed by atoms with van der Waals surface area (Å²) in [5.74, 6) is 0.911. The Balaban J connectivity index is 0.00000529. The van der Waals surface area contributed by atoms with Gasteiger partial charge in [-0.3, -0.25) is 4.79 Å². The molecule has 0 aromatic heterocycles. The molecule has 0 aliphatic heterocycles. The highest BCUT2D eigenvalue weighted by Gasteiger charge is 2.01. The van der Waals surface area contributed by atoms with Crippen LogP contribution in [0.3, 0.4) is 0 Å². The number of amides is 1. The molecule has 0 saturated heterocycles. The molecule has 136 valence electrons. The van der Waals surface area contributed by atoms with Crippen molar-refractivity contribution in [3.8, 4) is 0 Å². The Hall–Kier alpha value is -1.31. The fourth-order valence-electron chi connectivity index (χ4n) is 2.04. The second-order valence-electron chi connectivity index (χ2n) is 5.47. The number of anilines is 1. The molecule has 1 aromatic carbocycles. The summed E-state index contributed by atoms with van der Waals surface area (Å²) in [6.07, 6.45) is 3.71. The van der Waals surface area contributed by atoms with Crippen LogP contribution in [0.1, 0.15) is 52.0 Å². The van der Waals surface area contributed by atoms with Gasteiger partial charge in [0.2, 0.25) is 5.91 Å². The van der Waals surface area contributed by atoms with Crippen molar-refractivity contribution in [3.05, 3.63) is 29.8 Å². The number of carbonyl (C=O) groups is 1. The van der Waals surface area contributed by atoms with Gasteiger partial charge in [-0.2, -0.15) is 0 Å². The number of carbonyl (C=O) groups excluding carboxylic acids is 1. The second-order valence-corrected chi connectivity index (χ2v) is 5.47. The van der Waals surface area contributed by atoms with E-state index in [0.29, 0.717) is 13.0 Å². The summed E-state index contributed by atoms with van der Waals surface area (Å²) in [5, 5.41) is 9.46. The zero-order valence-electron chi connectivity index (χ0n) is 15.0. The molecule has 0 radical (unpaired) electrons. The molecule has 0 saturated carbocycles. The summed E-state index contributed by atoms with van der Waals surface area (Å²) < 4.78 is 0. The van der Waals surface area contributed by atoms with Crippen LogP contribution >= 0.6 is 24.0 Å². The van der Waals surface area contributed by atoms with Gasteiger partial charge >= 0.3 is 0 Å². The molecule has 3 N–H and O–H groups in total. The van der Waals surface area contributed by atoms with Crippen LogP contribution in [0.15, 0.2) is 29.3 Å². The van der Waals surface area contributed by atoms with Crippen LogP contribution in [0.5, 0.6) is 0 Å². The van der Waals surface area contributed by atoms with Crippen LogP contribution in [0, 0.1) is 0 Å². The van der Waals surface area contributed by atoms with Gasteiger partial charge in [0.05, 0.1) is 6.54 Å². The molecule has 0 aliphatic rings. The first-order chi connectivity index (χ1) is 11.2. The summed E-state index contributed by atoms with van der Waals surface area (Å²) in [7, 11) is 0. The summed E-state index contributed by atoms with van der Waals surface area (Å²) in [5.41, 5.74) is 1.95. The standard InChI is InChI=1S/C18H30N4O.HI/c1-4-7-13-20-18(19-6-3)21-14-15-9-11-16(12-10-15)22-17(23)8-5-2;/h9-12H,4-8,13-14H2,1-3H3,(H,22,23)(H2,19,20,21);1H. The zero-order chi connectivity index (χ0) is 16.9. The van der Waals surface area contributed by atoms with Crippen molar-refractivity contribution in [2.75, 3.05) is 18.4 Å². The molecule has 1 rings (SSSR count). The molecule has 5 nitrogen and oxygen atoms in total. The number of aliphatic imine (C=N–C) groups is 1. The highest BCUT2D eigenvalue weighted by molar-refractivity contribution is 14.0. The Morgan fingerprint density at radius 1 is 1.04 bits per heavy atom. The normalized spacial score (nSPS) is 10.7. The van der Waals surface area contributed by atoms with Crippen molar-refractivity contribution in [1.29, 1.82) is 0 Å². The lowest BCUT2D eigenvalue weighted by Crippen LogP contribution is -2.37. The number of halogens is 1. The van der Waals surface area contributed by atoms with E-state index >= 15 is 0 Å². The van der Waals surface area contributed by atoms with Crippen molar-refractivity contribution in [2.24, 2.45) is 4.99 Å². The van der Waals surface area contributed by atoms with Crippen molar-refractivity contribution < 1.29 is 4.79 Å². The first kappa shape index (κ1) is 22.7. The maximum absolute atomic E-state index is 11.6. The summed E-state index contributed by atoms with van der Waals surface area (Å²) in [6.45, 7) is 8.63. The molecule has 0 aliphatic carbocycles. The summed E-state index contributed by atoms with van der Waals surface area (Å²) in [6, 6.07) is 7.85. The Labute approximate surface area is 163 Å². The maximum Gasteiger partial charge on any atom is 0.224 e. The Morgan fingerprint density at radius 2 is 1.75 bits per heavy atom. The molecule has 1 amide bonds. The lowest BCUT2D eigenvalue weighted by Gasteiger charge is -2.11. The van der Waals surface area contributed by atoms with Crippen LogP contribution in [0.4, 0.5) is 5.69 Å². The molecule has 0 heterocycles. The number of guanidine groups is 1. The van der Waals surface area contributed by atoms with Gasteiger partial charge in [0, 0.05) is 25.2 Å². The second kappa shape index (κ2) is 14.1. The molecule has 0 spiro atoms. The number of hydrogen-bond acceptors (Lipinski definition) is 2. The van der Waals surface area contributed by atoms with Crippen molar-refractivity contribution in [2.45, 2.75) is 53.0 Å². The minimum Gasteiger partial charge on any atom is -0.357 e. The number of nitrogens with zero attached hydrogens (tertiary/aromatic N) is 1. The molecule has 0 unspecified atom stereocenters. The van der Waals surface area contributed by atoms with Crippen molar-refractivity contribution in [1.82, 2.24) is 10.6 Å². The number of nitrogens with one attached hydrogen (secondary N) is 3. The Bertz CT molecular complexity index is 488. The van der Waals surface area contributed by atoms with E-state index in [9.17, 15) is 4.79 Å². The Morgan fingerprint density at radius 3 is 2.33 bits per heavy atom. The minimum absolute atomic E-state index is 0. The fraction of sp³-hybridized carbons (Fsp3) is 0.556. The highest BCUT2D eigenvalue weighted by atomic mass is 127. The van der Waals surface area contributed by atoms with E-state index in [-0.39, 0.29) is 29.9 Å². The Kier molecular flexibility index (Phi) is 13.3. The lowest BCUT2D eigenvalue weighted by molar-refractivity contribution is -0.116. The van der Waals surface area contributed by atoms with Gasteiger partial charge in [-0.25, -0.2) is 4.99 Å². The van der Waals surface area contributed by atoms with Crippen molar-refractivity contribution in [3.63, 3.8) is 0 Å². The average Bonchev–Trinajstić information content (AvgIpc) is 2.54. The summed E-state index contributed by atoms with van der Waals surface area (Å²) in [4.78, 5) is 16.1. The molecule has 0 atom stereocenters. The highest BCUT2D eigenvalue weighted by Crippen LogP contribution is 2.11. The minimum atomic E-state index is 0. The van der Waals surface area contributed by atoms with Gasteiger partial charge < -0.3 is 16.0 Å². The lowest BCUT2D eigenvalue weighted by atomic mass is 10.2. The number of rotatable bonds is 9. The van der Waals surface area contributed by atoms with Crippen LogP contribution in [-0.2, 0) is 11.3 Å². The molecule has 0 bridgehead atoms. The maximum atomic E-state index is 11.6. The van der Waals surface area contributed by atoms with Gasteiger partial charge in [0.25, 0.3) is 0 Å². The van der Waals surface area contributed by atoms with Crippen LogP contribution < -0.4 is 16.0 Å². The van der Waals surface area contributed by atoms with Gasteiger partial charge in [0.1, 0.15) is 0 Å². The summed E-state index contributed by atoms with van der Waals surface area (Å²) >= 11 is 0. The van der Waals surface area contributed by atoms with E-state index in [0.717, 1.165) is 49.6 Å². The third-order valence-corrected chi connectivity index (χ3v) is 3.30. The molecule has 0 fully saturated rings. The zero-order valence-corrected chi connectivity index (χ0v) is 17.4. The average molecular weight is 446 g/mol. The topological polar surface area (TPSA) is 65.5 Å². The molecule has 1 aromatic rings. The van der Waals surface area contributed by atoms with Crippen molar-refractivity contribution >= 4 is 41.5 Å². The van der Waals surface area contributed by atoms with E-state index in [1.807, 2.05) is 31.2 Å². The molecular formula is C18H31IN4O. The monoisotopic (exact) mass is 446 g/mol. The van der Waals surface area contributed by atoms with E-state index in [1.165, 1.54) is 0 Å². The van der Waals surface area contributed by atoms with E-state index < -0.39 is 0 Å². The van der Waals surface area contributed by atoms with Crippen LogP contribution in [-0.4, -0.2) is 25.0 Å². The van der Waals surface area contributed by atoms with Crippen LogP contribution in [0.25, 0.3) is 0 Å². The number of hydrogen-bond donors (Lipinski definition) is 3. The predicted octanol–water partition coefficient (Wildman–Crippen LogP) is 3.90. The first-order valence-corrected chi connectivity index (χ1v) is 8.60. The van der Waals surface area contributed by atoms with E-state index in [4.69, 9.17) is 0 Å². The third-order valence-electron chi connectivity index (χ3n) is 3.30. The third kappa shape index (κ3) is 9.75. The number of unbranched alkanes of at least 4 members (excludes halogenated alkanes) is 1. The number of benzene rings is 1. The van der Waals surface area contributed by atoms with Gasteiger partial charge in [-0.1, -0.05) is 32.4 Å². The quantitative estimate of drug-likeness (QED) is 0.233. The van der Waals surface area contributed by atoms with Gasteiger partial charge in [-0.15, -0.1) is 24.0 Å². The molecule has 24 heavy (non-hydrogen) atoms. The predicted molar refractivity (Wildman–Crippen MR) is 113 cm³/mol. The van der Waals surface area contributed by atoms with E-state index in [2.05, 4.69) is 34.8 Å². The van der Waals surface area contributed by atoms with Gasteiger partial charge in [-0.05, 0) is 37.5 Å². The van der Waals surface area contributed by atoms with E-state index in [1.54, 1.807) is 0 Å².